The number of hydrogen-bond acceptors (Lipinski definition) is 3. The van der Waals surface area contributed by atoms with E-state index in [0.717, 1.165) is 39.1 Å². The molecule has 4 nitrogen and oxygen atoms in total. The van der Waals surface area contributed by atoms with Gasteiger partial charge in [0.1, 0.15) is 0 Å². The molecule has 5 aromatic rings. The fourth-order valence-corrected chi connectivity index (χ4v) is 3.24. The van der Waals surface area contributed by atoms with Crippen LogP contribution in [-0.2, 0) is 0 Å². The summed E-state index contributed by atoms with van der Waals surface area (Å²) in [6.07, 6.45) is 5.54. The highest BCUT2D eigenvalue weighted by atomic mass is 14.9. The first-order chi connectivity index (χ1) is 12.9. The first-order valence-electron chi connectivity index (χ1n) is 8.51. The number of aromatic nitrogens is 3. The second-order valence-electron chi connectivity index (χ2n) is 6.21. The Balaban J connectivity index is 1.65. The topological polar surface area (TPSA) is 53.6 Å². The molecule has 0 unspecified atom stereocenters. The van der Waals surface area contributed by atoms with Crippen molar-refractivity contribution in [2.45, 2.75) is 0 Å². The molecular formula is C22H16N4. The molecule has 0 bridgehead atoms. The minimum atomic E-state index is 0.927. The summed E-state index contributed by atoms with van der Waals surface area (Å²) in [5.41, 5.74) is 6.16. The number of H-pyrrole nitrogens is 1. The number of pyridine rings is 2. The van der Waals surface area contributed by atoms with Crippen molar-refractivity contribution in [3.8, 4) is 11.3 Å². The lowest BCUT2D eigenvalue weighted by Gasteiger charge is -2.12. The van der Waals surface area contributed by atoms with Gasteiger partial charge in [-0.05, 0) is 48.5 Å². The molecule has 2 aromatic carbocycles. The molecule has 0 radical (unpaired) electrons. The van der Waals surface area contributed by atoms with Gasteiger partial charge in [-0.1, -0.05) is 18.2 Å². The van der Waals surface area contributed by atoms with E-state index in [2.05, 4.69) is 51.7 Å². The summed E-state index contributed by atoms with van der Waals surface area (Å²) in [4.78, 5) is 12.1. The predicted octanol–water partition coefficient (Wildman–Crippen LogP) is 5.52. The predicted molar refractivity (Wildman–Crippen MR) is 107 cm³/mol. The van der Waals surface area contributed by atoms with E-state index in [9.17, 15) is 0 Å². The number of benzene rings is 2. The van der Waals surface area contributed by atoms with Gasteiger partial charge in [-0.2, -0.15) is 0 Å². The van der Waals surface area contributed by atoms with E-state index in [4.69, 9.17) is 4.98 Å². The molecule has 3 heterocycles. The number of aromatic amines is 1. The third kappa shape index (κ3) is 2.58. The van der Waals surface area contributed by atoms with E-state index in [1.807, 2.05) is 36.5 Å². The number of nitrogens with one attached hydrogen (secondary N) is 2. The number of rotatable bonds is 3. The lowest BCUT2D eigenvalue weighted by molar-refractivity contribution is 1.31. The number of para-hydroxylation sites is 1. The summed E-state index contributed by atoms with van der Waals surface area (Å²) in [7, 11) is 0. The summed E-state index contributed by atoms with van der Waals surface area (Å²) in [5, 5.41) is 5.85. The lowest BCUT2D eigenvalue weighted by Crippen LogP contribution is -1.95. The van der Waals surface area contributed by atoms with Gasteiger partial charge in [-0.25, -0.2) is 4.98 Å². The fourth-order valence-electron chi connectivity index (χ4n) is 3.24. The van der Waals surface area contributed by atoms with Crippen LogP contribution in [-0.4, -0.2) is 15.0 Å². The molecule has 0 spiro atoms. The normalized spacial score (nSPS) is 11.1. The number of anilines is 2. The van der Waals surface area contributed by atoms with Crippen molar-refractivity contribution in [1.29, 1.82) is 0 Å². The molecule has 2 N–H and O–H groups in total. The smallest absolute Gasteiger partial charge is 0.0731 e. The van der Waals surface area contributed by atoms with Gasteiger partial charge in [-0.15, -0.1) is 0 Å². The zero-order valence-corrected chi connectivity index (χ0v) is 14.0. The Labute approximate surface area is 150 Å². The molecule has 26 heavy (non-hydrogen) atoms. The Morgan fingerprint density at radius 1 is 0.846 bits per heavy atom. The zero-order valence-electron chi connectivity index (χ0n) is 14.0. The van der Waals surface area contributed by atoms with Crippen molar-refractivity contribution in [1.82, 2.24) is 15.0 Å². The molecule has 0 saturated carbocycles. The minimum Gasteiger partial charge on any atom is -0.361 e. The summed E-state index contributed by atoms with van der Waals surface area (Å²) < 4.78 is 0. The Morgan fingerprint density at radius 2 is 1.73 bits per heavy atom. The number of nitrogens with zero attached hydrogens (tertiary/aromatic N) is 2. The fraction of sp³-hybridized carbons (Fsp3) is 0. The van der Waals surface area contributed by atoms with Gasteiger partial charge in [0, 0.05) is 46.1 Å². The van der Waals surface area contributed by atoms with Crippen LogP contribution in [0.2, 0.25) is 0 Å². The standard InChI is InChI=1S/C22H16N4/c1-2-4-20-18(3-1)22(14-21(26-20)15-7-10-23-11-8-15)25-17-5-6-19-16(13-17)9-12-24-19/h1-14,24H,(H,25,26). The zero-order chi connectivity index (χ0) is 17.3. The summed E-state index contributed by atoms with van der Waals surface area (Å²) >= 11 is 0. The molecule has 0 fully saturated rings. The van der Waals surface area contributed by atoms with Crippen molar-refractivity contribution < 1.29 is 0 Å². The summed E-state index contributed by atoms with van der Waals surface area (Å²) in [5.74, 6) is 0. The van der Waals surface area contributed by atoms with Crippen LogP contribution in [0.25, 0.3) is 33.1 Å². The monoisotopic (exact) mass is 336 g/mol. The van der Waals surface area contributed by atoms with Crippen LogP contribution in [0.1, 0.15) is 0 Å². The molecule has 3 aromatic heterocycles. The summed E-state index contributed by atoms with van der Waals surface area (Å²) in [6.45, 7) is 0. The van der Waals surface area contributed by atoms with Crippen LogP contribution >= 0.6 is 0 Å². The van der Waals surface area contributed by atoms with Crippen LogP contribution in [0.15, 0.2) is 85.3 Å². The largest absolute Gasteiger partial charge is 0.361 e. The van der Waals surface area contributed by atoms with Crippen LogP contribution < -0.4 is 5.32 Å². The third-order valence-corrected chi connectivity index (χ3v) is 4.52. The Morgan fingerprint density at radius 3 is 2.65 bits per heavy atom. The summed E-state index contributed by atoms with van der Waals surface area (Å²) in [6, 6.07) is 22.6. The van der Waals surface area contributed by atoms with Crippen molar-refractivity contribution in [2.75, 3.05) is 5.32 Å². The Kier molecular flexibility index (Phi) is 3.39. The van der Waals surface area contributed by atoms with Gasteiger partial charge in [-0.3, -0.25) is 4.98 Å². The van der Waals surface area contributed by atoms with Crippen LogP contribution in [0.5, 0.6) is 0 Å². The van der Waals surface area contributed by atoms with Crippen molar-refractivity contribution in [3.63, 3.8) is 0 Å². The van der Waals surface area contributed by atoms with Gasteiger partial charge in [0.05, 0.1) is 16.9 Å². The minimum absolute atomic E-state index is 0.927. The first kappa shape index (κ1) is 14.7. The average Bonchev–Trinajstić information content (AvgIpc) is 3.16. The van der Waals surface area contributed by atoms with E-state index >= 15 is 0 Å². The number of hydrogen-bond donors (Lipinski definition) is 2. The molecule has 0 amide bonds. The first-order valence-corrected chi connectivity index (χ1v) is 8.51. The van der Waals surface area contributed by atoms with Gasteiger partial charge in [0.25, 0.3) is 0 Å². The van der Waals surface area contributed by atoms with Gasteiger partial charge in [0.2, 0.25) is 0 Å². The highest BCUT2D eigenvalue weighted by molar-refractivity contribution is 5.96. The second-order valence-corrected chi connectivity index (χ2v) is 6.21. The maximum Gasteiger partial charge on any atom is 0.0731 e. The highest BCUT2D eigenvalue weighted by Gasteiger charge is 2.08. The van der Waals surface area contributed by atoms with Crippen molar-refractivity contribution in [2.24, 2.45) is 0 Å². The van der Waals surface area contributed by atoms with E-state index < -0.39 is 0 Å². The van der Waals surface area contributed by atoms with Gasteiger partial charge >= 0.3 is 0 Å². The van der Waals surface area contributed by atoms with Crippen LogP contribution in [0.4, 0.5) is 11.4 Å². The second kappa shape index (κ2) is 6.01. The molecule has 0 aliphatic rings. The third-order valence-electron chi connectivity index (χ3n) is 4.52. The highest BCUT2D eigenvalue weighted by Crippen LogP contribution is 2.31. The maximum absolute atomic E-state index is 4.82. The van der Waals surface area contributed by atoms with E-state index in [1.165, 1.54) is 5.39 Å². The van der Waals surface area contributed by atoms with E-state index in [0.29, 0.717) is 0 Å². The maximum atomic E-state index is 4.82. The molecule has 0 aliphatic heterocycles. The van der Waals surface area contributed by atoms with Crippen molar-refractivity contribution in [3.05, 3.63) is 85.3 Å². The van der Waals surface area contributed by atoms with E-state index in [-0.39, 0.29) is 0 Å². The quantitative estimate of drug-likeness (QED) is 0.456. The van der Waals surface area contributed by atoms with Crippen molar-refractivity contribution >= 4 is 33.2 Å². The lowest BCUT2D eigenvalue weighted by atomic mass is 10.1. The Hall–Kier alpha value is -3.66. The Bertz CT molecular complexity index is 1210. The number of fused-ring (bicyclic) bond motifs is 2. The van der Waals surface area contributed by atoms with E-state index in [1.54, 1.807) is 12.4 Å². The SMILES string of the molecule is c1ccc2c(Nc3ccc4[nH]ccc4c3)cc(-c3ccncc3)nc2c1. The van der Waals surface area contributed by atoms with Gasteiger partial charge < -0.3 is 10.3 Å². The molecule has 0 aliphatic carbocycles. The molecule has 0 saturated heterocycles. The van der Waals surface area contributed by atoms with Crippen LogP contribution in [0, 0.1) is 0 Å². The molecule has 0 atom stereocenters. The van der Waals surface area contributed by atoms with Gasteiger partial charge in [0.15, 0.2) is 0 Å². The molecule has 4 heteroatoms. The van der Waals surface area contributed by atoms with Crippen LogP contribution in [0.3, 0.4) is 0 Å². The molecule has 5 rings (SSSR count). The average molecular weight is 336 g/mol. The molecular weight excluding hydrogens is 320 g/mol. The molecule has 124 valence electrons.